The van der Waals surface area contributed by atoms with Crippen LogP contribution in [0.3, 0.4) is 0 Å². The number of nitrogens with zero attached hydrogens (tertiary/aromatic N) is 3. The third-order valence-electron chi connectivity index (χ3n) is 4.38. The van der Waals surface area contributed by atoms with E-state index in [0.29, 0.717) is 19.6 Å². The van der Waals surface area contributed by atoms with E-state index in [1.807, 2.05) is 23.4 Å². The minimum Gasteiger partial charge on any atom is -0.385 e. The number of nitrogens with one attached hydrogen (secondary N) is 1. The molecule has 2 amide bonds. The van der Waals surface area contributed by atoms with Crippen LogP contribution in [0.4, 0.5) is 0 Å². The minimum atomic E-state index is -0.526. The topological polar surface area (TPSA) is 76.5 Å². The number of aryl methyl sites for hydroxylation is 2. The molecule has 0 bridgehead atoms. The summed E-state index contributed by atoms with van der Waals surface area (Å²) in [5.74, 6) is -0.231. The molecule has 2 rings (SSSR count). The number of likely N-dealkylation sites (tertiary alicyclic amines) is 1. The number of piperidine rings is 1. The molecule has 1 aliphatic rings. The summed E-state index contributed by atoms with van der Waals surface area (Å²) in [6, 6.07) is 1.72. The average molecular weight is 336 g/mol. The molecule has 7 heteroatoms. The maximum absolute atomic E-state index is 12.8. The Morgan fingerprint density at radius 3 is 2.79 bits per heavy atom. The van der Waals surface area contributed by atoms with Gasteiger partial charge in [-0.05, 0) is 39.2 Å². The van der Waals surface area contributed by atoms with E-state index in [9.17, 15) is 9.59 Å². The summed E-state index contributed by atoms with van der Waals surface area (Å²) in [7, 11) is 1.59. The molecule has 0 spiro atoms. The number of aromatic nitrogens is 2. The summed E-state index contributed by atoms with van der Waals surface area (Å²) in [6.07, 6.45) is 2.43. The molecule has 0 aromatic carbocycles. The molecule has 0 saturated carbocycles. The fraction of sp³-hybridized carbons (Fsp3) is 0.706. The van der Waals surface area contributed by atoms with Gasteiger partial charge in [0.1, 0.15) is 6.04 Å². The highest BCUT2D eigenvalue weighted by atomic mass is 16.5. The van der Waals surface area contributed by atoms with Gasteiger partial charge in [0.05, 0.1) is 11.7 Å². The molecular formula is C17H28N4O3. The van der Waals surface area contributed by atoms with Gasteiger partial charge in [-0.3, -0.25) is 14.3 Å². The van der Waals surface area contributed by atoms with E-state index in [1.165, 1.54) is 6.92 Å². The summed E-state index contributed by atoms with van der Waals surface area (Å²) >= 11 is 0. The third kappa shape index (κ3) is 4.56. The zero-order valence-electron chi connectivity index (χ0n) is 15.0. The number of amides is 2. The Balaban J connectivity index is 2.07. The molecular weight excluding hydrogens is 308 g/mol. The molecule has 7 nitrogen and oxygen atoms in total. The maximum Gasteiger partial charge on any atom is 0.245 e. The standard InChI is InChI=1S/C17H28N4O3/c1-12-10-13(2)21(19-12)15-6-5-8-20(11-15)17(23)16(7-9-24-4)18-14(3)22/h10,15-16H,5-9,11H2,1-4H3,(H,18,22)/t15-,16+/m1/s1. The van der Waals surface area contributed by atoms with Crippen LogP contribution in [0.15, 0.2) is 6.07 Å². The number of methoxy groups -OCH3 is 1. The van der Waals surface area contributed by atoms with Crippen LogP contribution >= 0.6 is 0 Å². The van der Waals surface area contributed by atoms with Crippen LogP contribution in [0.2, 0.25) is 0 Å². The van der Waals surface area contributed by atoms with Crippen molar-refractivity contribution < 1.29 is 14.3 Å². The molecule has 134 valence electrons. The van der Waals surface area contributed by atoms with Crippen LogP contribution in [0, 0.1) is 13.8 Å². The first-order valence-corrected chi connectivity index (χ1v) is 8.50. The SMILES string of the molecule is COCC[C@H](NC(C)=O)C(=O)N1CCC[C@@H](n2nc(C)cc2C)C1. The lowest BCUT2D eigenvalue weighted by Crippen LogP contribution is -2.51. The first-order valence-electron chi connectivity index (χ1n) is 8.50. The van der Waals surface area contributed by atoms with Gasteiger partial charge in [-0.25, -0.2) is 0 Å². The van der Waals surface area contributed by atoms with Crippen LogP contribution in [0.1, 0.15) is 43.6 Å². The predicted octanol–water partition coefficient (Wildman–Crippen LogP) is 1.20. The van der Waals surface area contributed by atoms with Crippen molar-refractivity contribution in [2.75, 3.05) is 26.8 Å². The highest BCUT2D eigenvalue weighted by Crippen LogP contribution is 2.23. The molecule has 0 aliphatic carbocycles. The number of carbonyl (C=O) groups excluding carboxylic acids is 2. The highest BCUT2D eigenvalue weighted by Gasteiger charge is 2.30. The van der Waals surface area contributed by atoms with E-state index in [0.717, 1.165) is 30.8 Å². The fourth-order valence-corrected chi connectivity index (χ4v) is 3.33. The second-order valence-electron chi connectivity index (χ2n) is 6.49. The summed E-state index contributed by atoms with van der Waals surface area (Å²) in [6.45, 7) is 7.24. The minimum absolute atomic E-state index is 0.0338. The zero-order chi connectivity index (χ0) is 17.7. The van der Waals surface area contributed by atoms with Crippen LogP contribution in [-0.2, 0) is 14.3 Å². The average Bonchev–Trinajstić information content (AvgIpc) is 2.89. The van der Waals surface area contributed by atoms with Gasteiger partial charge >= 0.3 is 0 Å². The lowest BCUT2D eigenvalue weighted by molar-refractivity contribution is -0.138. The van der Waals surface area contributed by atoms with E-state index in [2.05, 4.69) is 16.5 Å². The third-order valence-corrected chi connectivity index (χ3v) is 4.38. The first kappa shape index (κ1) is 18.4. The van der Waals surface area contributed by atoms with E-state index in [-0.39, 0.29) is 17.9 Å². The number of rotatable bonds is 6. The van der Waals surface area contributed by atoms with Crippen LogP contribution in [0.5, 0.6) is 0 Å². The van der Waals surface area contributed by atoms with Gasteiger partial charge in [0.15, 0.2) is 0 Å². The lowest BCUT2D eigenvalue weighted by Gasteiger charge is -2.35. The molecule has 1 fully saturated rings. The zero-order valence-corrected chi connectivity index (χ0v) is 15.0. The van der Waals surface area contributed by atoms with Crippen LogP contribution < -0.4 is 5.32 Å². The van der Waals surface area contributed by atoms with E-state index >= 15 is 0 Å². The molecule has 0 radical (unpaired) electrons. The van der Waals surface area contributed by atoms with Gasteiger partial charge in [-0.15, -0.1) is 0 Å². The lowest BCUT2D eigenvalue weighted by atomic mass is 10.0. The molecule has 1 aromatic heterocycles. The van der Waals surface area contributed by atoms with Crippen molar-refractivity contribution in [3.05, 3.63) is 17.5 Å². The molecule has 1 aromatic rings. The molecule has 1 aliphatic heterocycles. The van der Waals surface area contributed by atoms with Gasteiger partial charge in [0.2, 0.25) is 11.8 Å². The number of carbonyl (C=O) groups is 2. The van der Waals surface area contributed by atoms with Crippen molar-refractivity contribution in [3.8, 4) is 0 Å². The Hall–Kier alpha value is -1.89. The second kappa shape index (κ2) is 8.28. The summed E-state index contributed by atoms with van der Waals surface area (Å²) < 4.78 is 7.09. The smallest absolute Gasteiger partial charge is 0.245 e. The van der Waals surface area contributed by atoms with Gasteiger partial charge in [-0.1, -0.05) is 0 Å². The molecule has 2 atom stereocenters. The maximum atomic E-state index is 12.8. The van der Waals surface area contributed by atoms with Gasteiger partial charge in [-0.2, -0.15) is 5.10 Å². The summed E-state index contributed by atoms with van der Waals surface area (Å²) in [4.78, 5) is 26.1. The Bertz CT molecular complexity index is 584. The van der Waals surface area contributed by atoms with E-state index < -0.39 is 6.04 Å². The monoisotopic (exact) mass is 336 g/mol. The molecule has 0 unspecified atom stereocenters. The quantitative estimate of drug-likeness (QED) is 0.847. The predicted molar refractivity (Wildman–Crippen MR) is 90.6 cm³/mol. The Labute approximate surface area is 143 Å². The Kier molecular flexibility index (Phi) is 6.36. The number of ether oxygens (including phenoxy) is 1. The molecule has 1 saturated heterocycles. The summed E-state index contributed by atoms with van der Waals surface area (Å²) in [5.41, 5.74) is 2.11. The number of hydrogen-bond acceptors (Lipinski definition) is 4. The first-order chi connectivity index (χ1) is 11.4. The van der Waals surface area contributed by atoms with Crippen molar-refractivity contribution in [1.29, 1.82) is 0 Å². The van der Waals surface area contributed by atoms with Crippen LogP contribution in [0.25, 0.3) is 0 Å². The van der Waals surface area contributed by atoms with Gasteiger partial charge < -0.3 is 15.0 Å². The van der Waals surface area contributed by atoms with Crippen LogP contribution in [-0.4, -0.2) is 59.3 Å². The molecule has 24 heavy (non-hydrogen) atoms. The van der Waals surface area contributed by atoms with Gasteiger partial charge in [0.25, 0.3) is 0 Å². The van der Waals surface area contributed by atoms with Crippen molar-refractivity contribution in [3.63, 3.8) is 0 Å². The number of hydrogen-bond donors (Lipinski definition) is 1. The second-order valence-corrected chi connectivity index (χ2v) is 6.49. The molecule has 1 N–H and O–H groups in total. The van der Waals surface area contributed by atoms with Crippen molar-refractivity contribution in [1.82, 2.24) is 20.0 Å². The Morgan fingerprint density at radius 1 is 1.46 bits per heavy atom. The van der Waals surface area contributed by atoms with Crippen molar-refractivity contribution >= 4 is 11.8 Å². The van der Waals surface area contributed by atoms with Crippen molar-refractivity contribution in [2.45, 2.75) is 52.1 Å². The van der Waals surface area contributed by atoms with Crippen molar-refractivity contribution in [2.24, 2.45) is 0 Å². The fourth-order valence-electron chi connectivity index (χ4n) is 3.33. The Morgan fingerprint density at radius 2 is 2.21 bits per heavy atom. The largest absolute Gasteiger partial charge is 0.385 e. The highest BCUT2D eigenvalue weighted by molar-refractivity contribution is 5.87. The molecule has 2 heterocycles. The van der Waals surface area contributed by atoms with E-state index in [4.69, 9.17) is 4.74 Å². The van der Waals surface area contributed by atoms with Gasteiger partial charge in [0, 0.05) is 39.4 Å². The normalized spacial score (nSPS) is 19.2. The summed E-state index contributed by atoms with van der Waals surface area (Å²) in [5, 5.41) is 7.31. The van der Waals surface area contributed by atoms with E-state index in [1.54, 1.807) is 7.11 Å².